The van der Waals surface area contributed by atoms with Crippen LogP contribution in [0.4, 0.5) is 13.2 Å². The van der Waals surface area contributed by atoms with Crippen molar-refractivity contribution in [3.05, 3.63) is 29.8 Å². The fourth-order valence-corrected chi connectivity index (χ4v) is 2.85. The molecule has 0 aliphatic carbocycles. The molecule has 0 aromatic heterocycles. The molecule has 0 bridgehead atoms. The maximum atomic E-state index is 12.9. The van der Waals surface area contributed by atoms with Gasteiger partial charge in [0, 0.05) is 25.0 Å². The van der Waals surface area contributed by atoms with Gasteiger partial charge in [-0.1, -0.05) is 12.1 Å². The number of piperidine rings is 1. The van der Waals surface area contributed by atoms with E-state index >= 15 is 0 Å². The molecular weight excluding hydrogens is 349 g/mol. The number of ether oxygens (including phenoxy) is 1. The molecule has 0 radical (unpaired) electrons. The van der Waals surface area contributed by atoms with Crippen molar-refractivity contribution in [2.24, 2.45) is 5.92 Å². The normalized spacial score (nSPS) is 15.8. The largest absolute Gasteiger partial charge is 0.483 e. The molecule has 2 amide bonds. The fourth-order valence-electron chi connectivity index (χ4n) is 2.85. The molecule has 1 heterocycles. The van der Waals surface area contributed by atoms with Crippen LogP contribution in [-0.2, 0) is 15.8 Å². The van der Waals surface area contributed by atoms with Crippen molar-refractivity contribution in [1.29, 1.82) is 0 Å². The van der Waals surface area contributed by atoms with Crippen molar-refractivity contribution in [2.45, 2.75) is 38.9 Å². The molecule has 1 aromatic carbocycles. The lowest BCUT2D eigenvalue weighted by Gasteiger charge is -2.31. The average molecular weight is 372 g/mol. The molecule has 26 heavy (non-hydrogen) atoms. The van der Waals surface area contributed by atoms with E-state index in [-0.39, 0.29) is 29.5 Å². The second-order valence-corrected chi connectivity index (χ2v) is 6.60. The highest BCUT2D eigenvalue weighted by Crippen LogP contribution is 2.35. The Balaban J connectivity index is 1.86. The van der Waals surface area contributed by atoms with Gasteiger partial charge in [-0.25, -0.2) is 0 Å². The second kappa shape index (κ2) is 8.42. The highest BCUT2D eigenvalue weighted by Gasteiger charge is 2.34. The third-order valence-electron chi connectivity index (χ3n) is 4.19. The lowest BCUT2D eigenvalue weighted by molar-refractivity contribution is -0.141. The van der Waals surface area contributed by atoms with Crippen LogP contribution in [0.3, 0.4) is 0 Å². The first-order chi connectivity index (χ1) is 12.2. The number of carbonyl (C=O) groups is 2. The molecule has 2 rings (SSSR count). The summed E-state index contributed by atoms with van der Waals surface area (Å²) in [5, 5.41) is 2.85. The molecule has 1 saturated heterocycles. The molecule has 144 valence electrons. The smallest absolute Gasteiger partial charge is 0.419 e. The molecule has 1 aliphatic rings. The zero-order chi connectivity index (χ0) is 19.3. The van der Waals surface area contributed by atoms with Crippen LogP contribution >= 0.6 is 0 Å². The molecule has 1 N–H and O–H groups in total. The Bertz CT molecular complexity index is 639. The summed E-state index contributed by atoms with van der Waals surface area (Å²) in [5.41, 5.74) is -0.906. The van der Waals surface area contributed by atoms with E-state index in [1.807, 2.05) is 13.8 Å². The Labute approximate surface area is 150 Å². The number of hydrogen-bond donors (Lipinski definition) is 1. The summed E-state index contributed by atoms with van der Waals surface area (Å²) in [5.74, 6) is -0.917. The van der Waals surface area contributed by atoms with Gasteiger partial charge >= 0.3 is 6.18 Å². The van der Waals surface area contributed by atoms with Crippen LogP contribution in [0.2, 0.25) is 0 Å². The number of nitrogens with zero attached hydrogens (tertiary/aromatic N) is 1. The fraction of sp³-hybridized carbons (Fsp3) is 0.556. The summed E-state index contributed by atoms with van der Waals surface area (Å²) in [7, 11) is 0. The van der Waals surface area contributed by atoms with E-state index in [1.54, 1.807) is 0 Å². The second-order valence-electron chi connectivity index (χ2n) is 6.60. The van der Waals surface area contributed by atoms with E-state index in [2.05, 4.69) is 5.32 Å². The molecule has 1 aromatic rings. The number of alkyl halides is 3. The van der Waals surface area contributed by atoms with Crippen LogP contribution in [0.15, 0.2) is 24.3 Å². The average Bonchev–Trinajstić information content (AvgIpc) is 2.58. The number of benzene rings is 1. The highest BCUT2D eigenvalue weighted by molar-refractivity contribution is 5.80. The minimum absolute atomic E-state index is 0.0255. The van der Waals surface area contributed by atoms with Crippen LogP contribution in [0.5, 0.6) is 5.75 Å². The van der Waals surface area contributed by atoms with Gasteiger partial charge < -0.3 is 15.0 Å². The lowest BCUT2D eigenvalue weighted by atomic mass is 9.95. The van der Waals surface area contributed by atoms with E-state index in [0.29, 0.717) is 25.9 Å². The number of rotatable bonds is 5. The maximum Gasteiger partial charge on any atom is 0.419 e. The minimum atomic E-state index is -4.54. The summed E-state index contributed by atoms with van der Waals surface area (Å²) < 4.78 is 43.9. The molecule has 0 atom stereocenters. The predicted octanol–water partition coefficient (Wildman–Crippen LogP) is 2.85. The monoisotopic (exact) mass is 372 g/mol. The van der Waals surface area contributed by atoms with Gasteiger partial charge in [0.05, 0.1) is 5.56 Å². The quantitative estimate of drug-likeness (QED) is 0.865. The molecule has 0 saturated carbocycles. The Hall–Kier alpha value is -2.25. The zero-order valence-electron chi connectivity index (χ0n) is 14.8. The van der Waals surface area contributed by atoms with Crippen molar-refractivity contribution in [2.75, 3.05) is 19.7 Å². The van der Waals surface area contributed by atoms with Crippen molar-refractivity contribution in [1.82, 2.24) is 10.2 Å². The first-order valence-electron chi connectivity index (χ1n) is 8.55. The number of halogens is 3. The molecule has 1 fully saturated rings. The Morgan fingerprint density at radius 2 is 1.85 bits per heavy atom. The molecule has 5 nitrogen and oxygen atoms in total. The van der Waals surface area contributed by atoms with Crippen molar-refractivity contribution in [3.63, 3.8) is 0 Å². The summed E-state index contributed by atoms with van der Waals surface area (Å²) in [6.07, 6.45) is -3.48. The summed E-state index contributed by atoms with van der Waals surface area (Å²) in [6.45, 7) is 4.08. The predicted molar refractivity (Wildman–Crippen MR) is 89.5 cm³/mol. The number of amides is 2. The Kier molecular flexibility index (Phi) is 6.50. The van der Waals surface area contributed by atoms with Crippen LogP contribution < -0.4 is 10.1 Å². The number of hydrogen-bond acceptors (Lipinski definition) is 3. The first-order valence-corrected chi connectivity index (χ1v) is 8.55. The topological polar surface area (TPSA) is 58.6 Å². The Morgan fingerprint density at radius 1 is 1.23 bits per heavy atom. The van der Waals surface area contributed by atoms with E-state index in [9.17, 15) is 22.8 Å². The van der Waals surface area contributed by atoms with E-state index in [4.69, 9.17) is 4.74 Å². The summed E-state index contributed by atoms with van der Waals surface area (Å²) in [4.78, 5) is 25.7. The van der Waals surface area contributed by atoms with Gasteiger partial charge in [0.2, 0.25) is 5.91 Å². The van der Waals surface area contributed by atoms with Gasteiger partial charge in [0.15, 0.2) is 6.61 Å². The van der Waals surface area contributed by atoms with Gasteiger partial charge in [-0.2, -0.15) is 13.2 Å². The summed E-state index contributed by atoms with van der Waals surface area (Å²) >= 11 is 0. The lowest BCUT2D eigenvalue weighted by Crippen LogP contribution is -2.45. The maximum absolute atomic E-state index is 12.9. The molecular formula is C18H23F3N2O3. The van der Waals surface area contributed by atoms with Gasteiger partial charge in [0.1, 0.15) is 5.75 Å². The highest BCUT2D eigenvalue weighted by atomic mass is 19.4. The van der Waals surface area contributed by atoms with Crippen LogP contribution in [-0.4, -0.2) is 42.5 Å². The van der Waals surface area contributed by atoms with Crippen molar-refractivity contribution >= 4 is 11.8 Å². The third-order valence-corrected chi connectivity index (χ3v) is 4.19. The number of para-hydroxylation sites is 1. The minimum Gasteiger partial charge on any atom is -0.483 e. The molecule has 0 spiro atoms. The number of carbonyl (C=O) groups excluding carboxylic acids is 2. The van der Waals surface area contributed by atoms with E-state index in [1.165, 1.54) is 23.1 Å². The number of likely N-dealkylation sites (tertiary alicyclic amines) is 1. The van der Waals surface area contributed by atoms with Crippen molar-refractivity contribution in [3.8, 4) is 5.75 Å². The van der Waals surface area contributed by atoms with Gasteiger partial charge in [-0.3, -0.25) is 9.59 Å². The van der Waals surface area contributed by atoms with E-state index < -0.39 is 18.3 Å². The van der Waals surface area contributed by atoms with Gasteiger partial charge in [-0.05, 0) is 38.8 Å². The van der Waals surface area contributed by atoms with Crippen LogP contribution in [0, 0.1) is 5.92 Å². The SMILES string of the molecule is CC(C)NC(=O)C1CCN(C(=O)COc2ccccc2C(F)(F)F)CC1. The molecule has 0 unspecified atom stereocenters. The standard InChI is InChI=1S/C18H23F3N2O3/c1-12(2)22-17(25)13-7-9-23(10-8-13)16(24)11-26-15-6-4-3-5-14(15)18(19,20)21/h3-6,12-13H,7-11H2,1-2H3,(H,22,25). The van der Waals surface area contributed by atoms with E-state index in [0.717, 1.165) is 6.07 Å². The van der Waals surface area contributed by atoms with Crippen molar-refractivity contribution < 1.29 is 27.5 Å². The summed E-state index contributed by atoms with van der Waals surface area (Å²) in [6, 6.07) is 4.86. The number of nitrogens with one attached hydrogen (secondary N) is 1. The van der Waals surface area contributed by atoms with Crippen LogP contribution in [0.1, 0.15) is 32.3 Å². The Morgan fingerprint density at radius 3 is 2.42 bits per heavy atom. The van der Waals surface area contributed by atoms with Crippen LogP contribution in [0.25, 0.3) is 0 Å². The molecule has 8 heteroatoms. The zero-order valence-corrected chi connectivity index (χ0v) is 14.8. The first kappa shape index (κ1) is 20.1. The molecule has 1 aliphatic heterocycles. The third kappa shape index (κ3) is 5.37. The van der Waals surface area contributed by atoms with Gasteiger partial charge in [-0.15, -0.1) is 0 Å². The van der Waals surface area contributed by atoms with Gasteiger partial charge in [0.25, 0.3) is 5.91 Å².